The highest BCUT2D eigenvalue weighted by atomic mass is 16.5. The van der Waals surface area contributed by atoms with Gasteiger partial charge in [0.1, 0.15) is 0 Å². The molecule has 0 saturated heterocycles. The van der Waals surface area contributed by atoms with E-state index in [4.69, 9.17) is 0 Å². The molecule has 23 heavy (non-hydrogen) atoms. The van der Waals surface area contributed by atoms with Crippen molar-refractivity contribution < 1.29 is 10.0 Å². The summed E-state index contributed by atoms with van der Waals surface area (Å²) in [4.78, 5) is 16.0. The van der Waals surface area contributed by atoms with Crippen molar-refractivity contribution in [2.75, 3.05) is 5.32 Å². The van der Waals surface area contributed by atoms with E-state index < -0.39 is 6.03 Å². The lowest BCUT2D eigenvalue weighted by Crippen LogP contribution is -2.14. The third-order valence-corrected chi connectivity index (χ3v) is 3.24. The Morgan fingerprint density at radius 1 is 0.957 bits per heavy atom. The number of carbonyl (C=O) groups is 1. The maximum atomic E-state index is 12.0. The van der Waals surface area contributed by atoms with Gasteiger partial charge in [-0.05, 0) is 24.3 Å². The molecule has 0 atom stereocenters. The molecule has 0 spiro atoms. The number of nitrogens with zero attached hydrogens (tertiary/aromatic N) is 2. The Hall–Kier alpha value is -3.34. The SMILES string of the molecule is O=C(/N=c1/ccn(O)c(-c2ccccc2)c1)Nc1ccccc1. The van der Waals surface area contributed by atoms with E-state index in [9.17, 15) is 10.0 Å². The number of hydrogen-bond acceptors (Lipinski definition) is 2. The Morgan fingerprint density at radius 3 is 2.30 bits per heavy atom. The van der Waals surface area contributed by atoms with Gasteiger partial charge in [-0.25, -0.2) is 4.79 Å². The predicted molar refractivity (Wildman–Crippen MR) is 88.1 cm³/mol. The van der Waals surface area contributed by atoms with Gasteiger partial charge in [0, 0.05) is 17.4 Å². The second kappa shape index (κ2) is 6.62. The van der Waals surface area contributed by atoms with Crippen molar-refractivity contribution in [2.24, 2.45) is 4.99 Å². The fourth-order valence-electron chi connectivity index (χ4n) is 2.17. The summed E-state index contributed by atoms with van der Waals surface area (Å²) in [6, 6.07) is 21.3. The van der Waals surface area contributed by atoms with Crippen LogP contribution in [0.2, 0.25) is 0 Å². The van der Waals surface area contributed by atoms with Gasteiger partial charge in [0.25, 0.3) is 0 Å². The first-order valence-electron chi connectivity index (χ1n) is 7.10. The number of benzene rings is 2. The Kier molecular flexibility index (Phi) is 4.20. The van der Waals surface area contributed by atoms with E-state index in [0.717, 1.165) is 10.3 Å². The number of urea groups is 1. The molecule has 0 fully saturated rings. The van der Waals surface area contributed by atoms with Crippen molar-refractivity contribution in [1.82, 2.24) is 4.73 Å². The quantitative estimate of drug-likeness (QED) is 0.711. The first-order chi connectivity index (χ1) is 11.2. The summed E-state index contributed by atoms with van der Waals surface area (Å²) in [7, 11) is 0. The number of para-hydroxylation sites is 1. The normalized spacial score (nSPS) is 11.2. The van der Waals surface area contributed by atoms with Gasteiger partial charge in [0.05, 0.1) is 11.1 Å². The highest BCUT2D eigenvalue weighted by Gasteiger charge is 2.03. The van der Waals surface area contributed by atoms with E-state index >= 15 is 0 Å². The van der Waals surface area contributed by atoms with Crippen LogP contribution in [0.5, 0.6) is 0 Å². The molecule has 0 unspecified atom stereocenters. The molecule has 1 heterocycles. The fourth-order valence-corrected chi connectivity index (χ4v) is 2.17. The van der Waals surface area contributed by atoms with Crippen molar-refractivity contribution in [3.05, 3.63) is 84.4 Å². The second-order valence-corrected chi connectivity index (χ2v) is 4.89. The first-order valence-corrected chi connectivity index (χ1v) is 7.10. The third kappa shape index (κ3) is 3.65. The lowest BCUT2D eigenvalue weighted by molar-refractivity contribution is 0.189. The zero-order valence-electron chi connectivity index (χ0n) is 12.3. The maximum absolute atomic E-state index is 12.0. The number of rotatable bonds is 2. The van der Waals surface area contributed by atoms with Crippen LogP contribution in [0.25, 0.3) is 11.3 Å². The topological polar surface area (TPSA) is 66.6 Å². The van der Waals surface area contributed by atoms with Crippen LogP contribution in [0.4, 0.5) is 10.5 Å². The molecule has 0 radical (unpaired) electrons. The molecule has 5 heteroatoms. The van der Waals surface area contributed by atoms with Crippen LogP contribution in [-0.4, -0.2) is 16.0 Å². The van der Waals surface area contributed by atoms with Gasteiger partial charge in [0.15, 0.2) is 0 Å². The number of carbonyl (C=O) groups excluding carboxylic acids is 1. The largest absolute Gasteiger partial charge is 0.428 e. The van der Waals surface area contributed by atoms with Crippen LogP contribution in [-0.2, 0) is 0 Å². The van der Waals surface area contributed by atoms with E-state index in [1.165, 1.54) is 6.20 Å². The molecule has 5 nitrogen and oxygen atoms in total. The smallest absolute Gasteiger partial charge is 0.345 e. The van der Waals surface area contributed by atoms with Gasteiger partial charge in [-0.2, -0.15) is 9.72 Å². The average molecular weight is 305 g/mol. The lowest BCUT2D eigenvalue weighted by Gasteiger charge is -2.07. The number of nitrogens with one attached hydrogen (secondary N) is 1. The molecule has 3 aromatic rings. The molecule has 2 amide bonds. The van der Waals surface area contributed by atoms with E-state index in [2.05, 4.69) is 10.3 Å². The van der Waals surface area contributed by atoms with Crippen molar-refractivity contribution in [2.45, 2.75) is 0 Å². The average Bonchev–Trinajstić information content (AvgIpc) is 2.58. The zero-order valence-corrected chi connectivity index (χ0v) is 12.3. The molecular formula is C18H15N3O2. The number of anilines is 1. The van der Waals surface area contributed by atoms with E-state index in [-0.39, 0.29) is 0 Å². The van der Waals surface area contributed by atoms with Gasteiger partial charge in [-0.3, -0.25) is 0 Å². The summed E-state index contributed by atoms with van der Waals surface area (Å²) in [6.45, 7) is 0. The predicted octanol–water partition coefficient (Wildman–Crippen LogP) is 3.53. The van der Waals surface area contributed by atoms with Gasteiger partial charge in [0.2, 0.25) is 0 Å². The number of pyridine rings is 1. The van der Waals surface area contributed by atoms with Gasteiger partial charge in [-0.15, -0.1) is 0 Å². The van der Waals surface area contributed by atoms with Gasteiger partial charge < -0.3 is 10.5 Å². The molecule has 0 aliphatic carbocycles. The third-order valence-electron chi connectivity index (χ3n) is 3.24. The van der Waals surface area contributed by atoms with E-state index in [1.54, 1.807) is 24.3 Å². The zero-order chi connectivity index (χ0) is 16.1. The minimum atomic E-state index is -0.467. The summed E-state index contributed by atoms with van der Waals surface area (Å²) in [5, 5.41) is 13.1. The van der Waals surface area contributed by atoms with Crippen LogP contribution in [0.3, 0.4) is 0 Å². The molecule has 114 valence electrons. The van der Waals surface area contributed by atoms with Crippen molar-refractivity contribution in [3.63, 3.8) is 0 Å². The maximum Gasteiger partial charge on any atom is 0.345 e. The van der Waals surface area contributed by atoms with E-state index in [1.807, 2.05) is 48.5 Å². The molecule has 1 aromatic heterocycles. The Balaban J connectivity index is 1.90. The summed E-state index contributed by atoms with van der Waals surface area (Å²) in [5.74, 6) is 0. The number of hydrogen-bond donors (Lipinski definition) is 2. The highest BCUT2D eigenvalue weighted by molar-refractivity contribution is 5.89. The Bertz CT molecular complexity index is 872. The van der Waals surface area contributed by atoms with Crippen molar-refractivity contribution >= 4 is 11.7 Å². The van der Waals surface area contributed by atoms with Crippen LogP contribution < -0.4 is 10.7 Å². The summed E-state index contributed by atoms with van der Waals surface area (Å²) in [5.41, 5.74) is 2.06. The fraction of sp³-hybridized carbons (Fsp3) is 0. The lowest BCUT2D eigenvalue weighted by atomic mass is 10.1. The summed E-state index contributed by atoms with van der Waals surface area (Å²) < 4.78 is 1.00. The van der Waals surface area contributed by atoms with Crippen molar-refractivity contribution in [3.8, 4) is 11.3 Å². The molecule has 0 aliphatic rings. The summed E-state index contributed by atoms with van der Waals surface area (Å²) >= 11 is 0. The van der Waals surface area contributed by atoms with E-state index in [0.29, 0.717) is 16.7 Å². The van der Waals surface area contributed by atoms with Crippen LogP contribution in [0.1, 0.15) is 0 Å². The van der Waals surface area contributed by atoms with Gasteiger partial charge >= 0.3 is 6.03 Å². The molecular weight excluding hydrogens is 290 g/mol. The molecule has 0 aliphatic heterocycles. The van der Waals surface area contributed by atoms with Crippen molar-refractivity contribution in [1.29, 1.82) is 0 Å². The number of amides is 2. The standard InChI is InChI=1S/C18H15N3O2/c22-18(19-15-9-5-2-6-10-15)20-16-11-12-21(23)17(13-16)14-7-3-1-4-8-14/h1-13,23H,(H,19,22)/b20-16-. The Labute approximate surface area is 133 Å². The minimum Gasteiger partial charge on any atom is -0.428 e. The Morgan fingerprint density at radius 2 is 1.61 bits per heavy atom. The molecule has 2 aromatic carbocycles. The molecule has 0 bridgehead atoms. The highest BCUT2D eigenvalue weighted by Crippen LogP contribution is 2.15. The van der Waals surface area contributed by atoms with Crippen LogP contribution in [0, 0.1) is 0 Å². The second-order valence-electron chi connectivity index (χ2n) is 4.89. The van der Waals surface area contributed by atoms with Crippen LogP contribution in [0.15, 0.2) is 84.0 Å². The minimum absolute atomic E-state index is 0.461. The van der Waals surface area contributed by atoms with Crippen LogP contribution >= 0.6 is 0 Å². The summed E-state index contributed by atoms with van der Waals surface area (Å²) in [6.07, 6.45) is 1.46. The monoisotopic (exact) mass is 305 g/mol. The molecule has 2 N–H and O–H groups in total. The van der Waals surface area contributed by atoms with Gasteiger partial charge in [-0.1, -0.05) is 48.5 Å². The first kappa shape index (κ1) is 14.6. The number of aromatic nitrogens is 1. The molecule has 3 rings (SSSR count). The molecule has 0 saturated carbocycles.